The second-order valence-electron chi connectivity index (χ2n) is 20.3. The van der Waals surface area contributed by atoms with Crippen LogP contribution in [0.3, 0.4) is 0 Å². The molecule has 65 heavy (non-hydrogen) atoms. The largest absolute Gasteiger partial charge is 0.756 e. The van der Waals surface area contributed by atoms with Crippen LogP contribution in [0.5, 0.6) is 0 Å². The van der Waals surface area contributed by atoms with Gasteiger partial charge in [0.05, 0.1) is 27.7 Å². The van der Waals surface area contributed by atoms with Crippen LogP contribution in [0.2, 0.25) is 0 Å². The molecular weight excluding hydrogens is 834 g/mol. The molecule has 386 valence electrons. The topological polar surface area (TPSA) is 111 Å². The highest BCUT2D eigenvalue weighted by molar-refractivity contribution is 7.45. The molecule has 0 bridgehead atoms. The number of quaternary nitrogens is 1. The molecule has 0 amide bonds. The van der Waals surface area contributed by atoms with E-state index in [1.165, 1.54) is 205 Å². The molecular formula is C55H108NO8P. The van der Waals surface area contributed by atoms with Crippen molar-refractivity contribution in [2.75, 3.05) is 47.5 Å². The molecule has 0 heterocycles. The lowest BCUT2D eigenvalue weighted by atomic mass is 10.0. The number of nitrogens with zero attached hydrogens (tertiary/aromatic N) is 1. The predicted molar refractivity (Wildman–Crippen MR) is 273 cm³/mol. The molecule has 0 fully saturated rings. The highest BCUT2D eigenvalue weighted by atomic mass is 31.2. The Labute approximate surface area is 403 Å². The van der Waals surface area contributed by atoms with Crippen LogP contribution in [0.4, 0.5) is 0 Å². The van der Waals surface area contributed by atoms with E-state index in [1.807, 2.05) is 21.1 Å². The van der Waals surface area contributed by atoms with Crippen LogP contribution in [0.25, 0.3) is 0 Å². The normalized spacial score (nSPS) is 13.4. The molecule has 0 saturated carbocycles. The second kappa shape index (κ2) is 47.8. The molecule has 2 atom stereocenters. The average molecular weight is 942 g/mol. The van der Waals surface area contributed by atoms with E-state index < -0.39 is 26.5 Å². The van der Waals surface area contributed by atoms with E-state index >= 15 is 0 Å². The van der Waals surface area contributed by atoms with Crippen molar-refractivity contribution in [2.24, 2.45) is 0 Å². The minimum Gasteiger partial charge on any atom is -0.756 e. The number of carbonyl (C=O) groups is 2. The van der Waals surface area contributed by atoms with Crippen molar-refractivity contribution < 1.29 is 42.1 Å². The Balaban J connectivity index is 4.15. The van der Waals surface area contributed by atoms with Gasteiger partial charge in [0.15, 0.2) is 6.10 Å². The van der Waals surface area contributed by atoms with Crippen LogP contribution in [0.15, 0.2) is 12.2 Å². The Morgan fingerprint density at radius 1 is 0.462 bits per heavy atom. The van der Waals surface area contributed by atoms with Crippen molar-refractivity contribution in [3.63, 3.8) is 0 Å². The Morgan fingerprint density at radius 3 is 1.14 bits per heavy atom. The third-order valence-electron chi connectivity index (χ3n) is 12.5. The van der Waals surface area contributed by atoms with Gasteiger partial charge in [-0.1, -0.05) is 238 Å². The number of phosphoric acid groups is 1. The molecule has 0 aliphatic carbocycles. The SMILES string of the molecule is CCCCCCCCCC/C=C\CCCCCCCCCCCCCC(=O)OC(COC(=O)CCCCCCCCCCCCCCCCCCCC)COP(=O)([O-])OCC[N+](C)(C)C. The van der Waals surface area contributed by atoms with Gasteiger partial charge in [-0.3, -0.25) is 14.2 Å². The molecule has 9 nitrogen and oxygen atoms in total. The molecule has 0 rings (SSSR count). The molecule has 10 heteroatoms. The van der Waals surface area contributed by atoms with Gasteiger partial charge < -0.3 is 27.9 Å². The predicted octanol–water partition coefficient (Wildman–Crippen LogP) is 16.2. The van der Waals surface area contributed by atoms with E-state index in [9.17, 15) is 19.0 Å². The summed E-state index contributed by atoms with van der Waals surface area (Å²) in [6.07, 6.45) is 53.9. The van der Waals surface area contributed by atoms with Gasteiger partial charge in [0, 0.05) is 12.8 Å². The minimum atomic E-state index is -4.63. The van der Waals surface area contributed by atoms with Crippen LogP contribution in [-0.2, 0) is 32.7 Å². The number of phosphoric ester groups is 1. The van der Waals surface area contributed by atoms with E-state index in [1.54, 1.807) is 0 Å². The third-order valence-corrected chi connectivity index (χ3v) is 13.5. The lowest BCUT2D eigenvalue weighted by Gasteiger charge is -2.28. The number of hydrogen-bond acceptors (Lipinski definition) is 8. The van der Waals surface area contributed by atoms with E-state index in [0.717, 1.165) is 38.5 Å². The summed E-state index contributed by atoms with van der Waals surface area (Å²) in [5.41, 5.74) is 0. The van der Waals surface area contributed by atoms with Crippen molar-refractivity contribution in [1.29, 1.82) is 0 Å². The molecule has 0 aliphatic heterocycles. The smallest absolute Gasteiger partial charge is 0.306 e. The number of ether oxygens (including phenoxy) is 2. The maximum atomic E-state index is 12.8. The summed E-state index contributed by atoms with van der Waals surface area (Å²) in [4.78, 5) is 37.8. The number of unbranched alkanes of at least 4 members (excludes halogenated alkanes) is 36. The van der Waals surface area contributed by atoms with Crippen molar-refractivity contribution in [2.45, 2.75) is 283 Å². The van der Waals surface area contributed by atoms with E-state index in [0.29, 0.717) is 17.4 Å². The number of rotatable bonds is 52. The highest BCUT2D eigenvalue weighted by Gasteiger charge is 2.22. The summed E-state index contributed by atoms with van der Waals surface area (Å²) in [6.45, 7) is 4.29. The molecule has 0 aliphatic rings. The fourth-order valence-electron chi connectivity index (χ4n) is 8.18. The average Bonchev–Trinajstić information content (AvgIpc) is 3.26. The van der Waals surface area contributed by atoms with Crippen LogP contribution < -0.4 is 4.89 Å². The van der Waals surface area contributed by atoms with Crippen LogP contribution in [0, 0.1) is 0 Å². The molecule has 0 spiro atoms. The highest BCUT2D eigenvalue weighted by Crippen LogP contribution is 2.38. The monoisotopic (exact) mass is 942 g/mol. The van der Waals surface area contributed by atoms with E-state index in [-0.39, 0.29) is 32.0 Å². The molecule has 2 unspecified atom stereocenters. The summed E-state index contributed by atoms with van der Waals surface area (Å²) in [7, 11) is 1.18. The Morgan fingerprint density at radius 2 is 0.785 bits per heavy atom. The zero-order valence-electron chi connectivity index (χ0n) is 43.7. The molecule has 0 radical (unpaired) electrons. The zero-order chi connectivity index (χ0) is 47.8. The lowest BCUT2D eigenvalue weighted by Crippen LogP contribution is -2.37. The first-order valence-electron chi connectivity index (χ1n) is 27.9. The van der Waals surface area contributed by atoms with Gasteiger partial charge in [0.1, 0.15) is 19.8 Å². The van der Waals surface area contributed by atoms with Gasteiger partial charge in [-0.2, -0.15) is 0 Å². The summed E-state index contributed by atoms with van der Waals surface area (Å²) >= 11 is 0. The van der Waals surface area contributed by atoms with Gasteiger partial charge >= 0.3 is 11.9 Å². The summed E-state index contributed by atoms with van der Waals surface area (Å²) in [5, 5.41) is 0. The maximum Gasteiger partial charge on any atom is 0.306 e. The van der Waals surface area contributed by atoms with Crippen molar-refractivity contribution in [3.05, 3.63) is 12.2 Å². The number of carbonyl (C=O) groups excluding carboxylic acids is 2. The number of esters is 2. The zero-order valence-corrected chi connectivity index (χ0v) is 44.6. The van der Waals surface area contributed by atoms with Gasteiger partial charge in [0.25, 0.3) is 7.82 Å². The van der Waals surface area contributed by atoms with E-state index in [4.69, 9.17) is 18.5 Å². The first-order valence-corrected chi connectivity index (χ1v) is 29.4. The lowest BCUT2D eigenvalue weighted by molar-refractivity contribution is -0.870. The summed E-state index contributed by atoms with van der Waals surface area (Å²) in [5.74, 6) is -0.817. The van der Waals surface area contributed by atoms with Crippen LogP contribution in [0.1, 0.15) is 277 Å². The van der Waals surface area contributed by atoms with Crippen molar-refractivity contribution in [3.8, 4) is 0 Å². The fourth-order valence-corrected chi connectivity index (χ4v) is 8.91. The number of allylic oxidation sites excluding steroid dienone is 2. The Hall–Kier alpha value is -1.25. The molecule has 0 N–H and O–H groups in total. The minimum absolute atomic E-state index is 0.0271. The van der Waals surface area contributed by atoms with E-state index in [2.05, 4.69) is 26.0 Å². The van der Waals surface area contributed by atoms with Crippen LogP contribution >= 0.6 is 7.82 Å². The maximum absolute atomic E-state index is 12.8. The molecule has 0 aromatic rings. The summed E-state index contributed by atoms with van der Waals surface area (Å²) in [6, 6.07) is 0. The van der Waals surface area contributed by atoms with Gasteiger partial charge in [-0.05, 0) is 38.5 Å². The third kappa shape index (κ3) is 52.0. The molecule has 0 aromatic heterocycles. The second-order valence-corrected chi connectivity index (χ2v) is 21.7. The first-order chi connectivity index (χ1) is 31.5. The number of hydrogen-bond donors (Lipinski definition) is 0. The number of likely N-dealkylation sites (N-methyl/N-ethyl adjacent to an activating group) is 1. The van der Waals surface area contributed by atoms with Crippen molar-refractivity contribution >= 4 is 19.8 Å². The van der Waals surface area contributed by atoms with Gasteiger partial charge in [0.2, 0.25) is 0 Å². The quantitative estimate of drug-likeness (QED) is 0.0195. The van der Waals surface area contributed by atoms with Gasteiger partial charge in [-0.25, -0.2) is 0 Å². The van der Waals surface area contributed by atoms with Crippen LogP contribution in [-0.4, -0.2) is 70.0 Å². The molecule has 0 aromatic carbocycles. The molecule has 0 saturated heterocycles. The summed E-state index contributed by atoms with van der Waals surface area (Å²) < 4.78 is 34.1. The van der Waals surface area contributed by atoms with Gasteiger partial charge in [-0.15, -0.1) is 0 Å². The first kappa shape index (κ1) is 63.8. The Kier molecular flexibility index (Phi) is 46.9. The standard InChI is InChI=1S/C55H108NO8P/c1-6-8-10-12-14-16-18-20-22-24-26-27-28-29-30-32-34-36-38-40-42-44-46-48-55(58)64-53(52-63-65(59,60)62-50-49-56(3,4)5)51-61-54(57)47-45-43-41-39-37-35-33-31-25-23-21-19-17-15-13-11-9-7-2/h24,26,53H,6-23,25,27-52H2,1-5H3/b26-24-. The Bertz CT molecular complexity index is 1110. The fraction of sp³-hybridized carbons (Fsp3) is 0.927. The van der Waals surface area contributed by atoms with Crippen molar-refractivity contribution in [1.82, 2.24) is 0 Å².